The third kappa shape index (κ3) is 4.48. The van der Waals surface area contributed by atoms with Crippen molar-refractivity contribution in [2.45, 2.75) is 0 Å². The fraction of sp³-hybridized carbons (Fsp3) is 0.0714. The van der Waals surface area contributed by atoms with Gasteiger partial charge in [-0.3, -0.25) is 14.9 Å². The van der Waals surface area contributed by atoms with E-state index in [1.54, 1.807) is 6.07 Å². The number of phenols is 1. The molecular weight excluding hydrogens is 347 g/mol. The summed E-state index contributed by atoms with van der Waals surface area (Å²) in [6.45, 7) is -0.363. The second-order valence-corrected chi connectivity index (χ2v) is 5.21. The van der Waals surface area contributed by atoms with E-state index in [1.165, 1.54) is 18.2 Å². The number of nitrogens with zero attached hydrogens (tertiary/aromatic N) is 1. The van der Waals surface area contributed by atoms with Crippen LogP contribution in [-0.2, 0) is 4.79 Å². The lowest BCUT2D eigenvalue weighted by atomic mass is 10.2. The SMILES string of the molecule is O=C(COc1ccc(Cl)cc1Cl)Nc1ccc([N+](=O)[O-])cc1O. The number of non-ortho nitro benzene ring substituents is 1. The van der Waals surface area contributed by atoms with Gasteiger partial charge in [-0.2, -0.15) is 0 Å². The Kier molecular flexibility index (Phi) is 5.25. The van der Waals surface area contributed by atoms with E-state index in [2.05, 4.69) is 5.32 Å². The molecule has 120 valence electrons. The minimum absolute atomic E-state index is 0.0337. The molecule has 0 aliphatic rings. The number of halogens is 2. The van der Waals surface area contributed by atoms with Gasteiger partial charge in [0, 0.05) is 11.1 Å². The molecule has 0 heterocycles. The number of anilines is 1. The van der Waals surface area contributed by atoms with Crippen LogP contribution in [0.1, 0.15) is 0 Å². The monoisotopic (exact) mass is 356 g/mol. The van der Waals surface area contributed by atoms with Gasteiger partial charge in [0.1, 0.15) is 11.5 Å². The first-order valence-corrected chi connectivity index (χ1v) is 6.97. The van der Waals surface area contributed by atoms with Crippen LogP contribution in [0.5, 0.6) is 11.5 Å². The fourth-order valence-electron chi connectivity index (χ4n) is 1.66. The Morgan fingerprint density at radius 1 is 1.26 bits per heavy atom. The normalized spacial score (nSPS) is 10.2. The Bertz CT molecular complexity index is 767. The maximum Gasteiger partial charge on any atom is 0.273 e. The minimum atomic E-state index is -0.656. The Morgan fingerprint density at radius 3 is 2.61 bits per heavy atom. The number of amides is 1. The molecule has 2 rings (SSSR count). The summed E-state index contributed by atoms with van der Waals surface area (Å²) in [5.74, 6) is -0.712. The Balaban J connectivity index is 1.98. The summed E-state index contributed by atoms with van der Waals surface area (Å²) in [5, 5.41) is 23.3. The number of benzene rings is 2. The number of phenolic OH excluding ortho intramolecular Hbond substituents is 1. The molecule has 0 saturated carbocycles. The van der Waals surface area contributed by atoms with Gasteiger partial charge in [-0.1, -0.05) is 23.2 Å². The first-order chi connectivity index (χ1) is 10.9. The number of rotatable bonds is 5. The average molecular weight is 357 g/mol. The van der Waals surface area contributed by atoms with E-state index in [0.29, 0.717) is 5.02 Å². The summed E-state index contributed by atoms with van der Waals surface area (Å²) in [7, 11) is 0. The molecule has 0 aliphatic carbocycles. The third-order valence-corrected chi connectivity index (χ3v) is 3.25. The molecule has 23 heavy (non-hydrogen) atoms. The maximum atomic E-state index is 11.8. The average Bonchev–Trinajstić information content (AvgIpc) is 2.48. The largest absolute Gasteiger partial charge is 0.506 e. The van der Waals surface area contributed by atoms with Crippen LogP contribution in [0, 0.1) is 10.1 Å². The molecule has 0 spiro atoms. The lowest BCUT2D eigenvalue weighted by Crippen LogP contribution is -2.20. The molecule has 2 aromatic rings. The number of hydrogen-bond acceptors (Lipinski definition) is 5. The predicted octanol–water partition coefficient (Wildman–Crippen LogP) is 3.62. The molecule has 2 aromatic carbocycles. The number of carbonyl (C=O) groups is 1. The molecule has 9 heteroatoms. The van der Waals surface area contributed by atoms with Gasteiger partial charge in [-0.15, -0.1) is 0 Å². The van der Waals surface area contributed by atoms with Crippen LogP contribution in [0.3, 0.4) is 0 Å². The summed E-state index contributed by atoms with van der Waals surface area (Å²) >= 11 is 11.6. The molecule has 7 nitrogen and oxygen atoms in total. The van der Waals surface area contributed by atoms with E-state index in [-0.39, 0.29) is 28.8 Å². The summed E-state index contributed by atoms with van der Waals surface area (Å²) < 4.78 is 5.24. The van der Waals surface area contributed by atoms with Crippen molar-refractivity contribution in [2.24, 2.45) is 0 Å². The summed E-state index contributed by atoms with van der Waals surface area (Å²) in [6.07, 6.45) is 0. The van der Waals surface area contributed by atoms with Gasteiger partial charge < -0.3 is 15.2 Å². The van der Waals surface area contributed by atoms with Crippen LogP contribution >= 0.6 is 23.2 Å². The quantitative estimate of drug-likeness (QED) is 0.483. The number of nitro benzene ring substituents is 1. The molecule has 0 aromatic heterocycles. The first-order valence-electron chi connectivity index (χ1n) is 6.22. The molecule has 0 bridgehead atoms. The zero-order valence-electron chi connectivity index (χ0n) is 11.5. The highest BCUT2D eigenvalue weighted by Crippen LogP contribution is 2.29. The van der Waals surface area contributed by atoms with Gasteiger partial charge in [-0.05, 0) is 24.3 Å². The van der Waals surface area contributed by atoms with Crippen molar-refractivity contribution in [3.05, 3.63) is 56.6 Å². The zero-order valence-corrected chi connectivity index (χ0v) is 13.0. The van der Waals surface area contributed by atoms with E-state index >= 15 is 0 Å². The highest BCUT2D eigenvalue weighted by Gasteiger charge is 2.13. The van der Waals surface area contributed by atoms with Crippen LogP contribution in [0.15, 0.2) is 36.4 Å². The van der Waals surface area contributed by atoms with Crippen LogP contribution in [0.2, 0.25) is 10.0 Å². The summed E-state index contributed by atoms with van der Waals surface area (Å²) in [6, 6.07) is 7.86. The minimum Gasteiger partial charge on any atom is -0.506 e. The number of carbonyl (C=O) groups excluding carboxylic acids is 1. The van der Waals surface area contributed by atoms with Crippen molar-refractivity contribution < 1.29 is 19.6 Å². The summed E-state index contributed by atoms with van der Waals surface area (Å²) in [4.78, 5) is 21.7. The lowest BCUT2D eigenvalue weighted by molar-refractivity contribution is -0.384. The van der Waals surface area contributed by atoms with Gasteiger partial charge in [0.15, 0.2) is 6.61 Å². The molecule has 0 atom stereocenters. The molecule has 0 saturated heterocycles. The van der Waals surface area contributed by atoms with Crippen molar-refractivity contribution >= 4 is 40.5 Å². The zero-order chi connectivity index (χ0) is 17.0. The van der Waals surface area contributed by atoms with Crippen molar-refractivity contribution in [1.29, 1.82) is 0 Å². The molecule has 0 aliphatic heterocycles. The number of nitro groups is 1. The second-order valence-electron chi connectivity index (χ2n) is 4.37. The predicted molar refractivity (Wildman–Crippen MR) is 85.3 cm³/mol. The van der Waals surface area contributed by atoms with Gasteiger partial charge in [0.05, 0.1) is 21.7 Å². The van der Waals surface area contributed by atoms with Gasteiger partial charge in [0.2, 0.25) is 0 Å². The van der Waals surface area contributed by atoms with Crippen molar-refractivity contribution in [1.82, 2.24) is 0 Å². The number of aromatic hydroxyl groups is 1. The molecule has 0 unspecified atom stereocenters. The van der Waals surface area contributed by atoms with Crippen molar-refractivity contribution in [2.75, 3.05) is 11.9 Å². The molecule has 0 fully saturated rings. The van der Waals surface area contributed by atoms with E-state index in [0.717, 1.165) is 12.1 Å². The number of ether oxygens (including phenoxy) is 1. The molecule has 2 N–H and O–H groups in total. The fourth-order valence-corrected chi connectivity index (χ4v) is 2.12. The van der Waals surface area contributed by atoms with Crippen molar-refractivity contribution in [3.8, 4) is 11.5 Å². The van der Waals surface area contributed by atoms with E-state index in [1.807, 2.05) is 0 Å². The van der Waals surface area contributed by atoms with E-state index in [9.17, 15) is 20.0 Å². The number of nitrogens with one attached hydrogen (secondary N) is 1. The van der Waals surface area contributed by atoms with Gasteiger partial charge in [0.25, 0.3) is 11.6 Å². The smallest absolute Gasteiger partial charge is 0.273 e. The van der Waals surface area contributed by atoms with Crippen LogP contribution in [-0.4, -0.2) is 22.5 Å². The summed E-state index contributed by atoms with van der Waals surface area (Å²) in [5.41, 5.74) is -0.254. The highest BCUT2D eigenvalue weighted by molar-refractivity contribution is 6.35. The Hall–Kier alpha value is -2.51. The van der Waals surface area contributed by atoms with Crippen LogP contribution in [0.4, 0.5) is 11.4 Å². The van der Waals surface area contributed by atoms with E-state index in [4.69, 9.17) is 27.9 Å². The van der Waals surface area contributed by atoms with Crippen molar-refractivity contribution in [3.63, 3.8) is 0 Å². The first kappa shape index (κ1) is 16.9. The van der Waals surface area contributed by atoms with Gasteiger partial charge in [-0.25, -0.2) is 0 Å². The van der Waals surface area contributed by atoms with E-state index < -0.39 is 16.6 Å². The topological polar surface area (TPSA) is 102 Å². The van der Waals surface area contributed by atoms with Crippen LogP contribution in [0.25, 0.3) is 0 Å². The second kappa shape index (κ2) is 7.17. The Morgan fingerprint density at radius 2 is 2.00 bits per heavy atom. The highest BCUT2D eigenvalue weighted by atomic mass is 35.5. The lowest BCUT2D eigenvalue weighted by Gasteiger charge is -2.10. The Labute approximate surface area is 140 Å². The molecular formula is C14H10Cl2N2O5. The molecule has 1 amide bonds. The van der Waals surface area contributed by atoms with Gasteiger partial charge >= 0.3 is 0 Å². The number of hydrogen-bond donors (Lipinski definition) is 2. The third-order valence-electron chi connectivity index (χ3n) is 2.72. The van der Waals surface area contributed by atoms with Crippen LogP contribution < -0.4 is 10.1 Å². The maximum absolute atomic E-state index is 11.8. The standard InChI is InChI=1S/C14H10Cl2N2O5/c15-8-1-4-13(10(16)5-8)23-7-14(20)17-11-3-2-9(18(21)22)6-12(11)19/h1-6,19H,7H2,(H,17,20). The molecule has 0 radical (unpaired) electrons.